The van der Waals surface area contributed by atoms with E-state index in [-0.39, 0.29) is 5.91 Å². The zero-order chi connectivity index (χ0) is 16.2. The lowest BCUT2D eigenvalue weighted by atomic mass is 10.0. The van der Waals surface area contributed by atoms with Gasteiger partial charge in [0.15, 0.2) is 5.75 Å². The van der Waals surface area contributed by atoms with Crippen molar-refractivity contribution in [3.8, 4) is 5.75 Å². The van der Waals surface area contributed by atoms with Crippen LogP contribution in [0.25, 0.3) is 0 Å². The fourth-order valence-corrected chi connectivity index (χ4v) is 3.36. The molecule has 0 fully saturated rings. The molecule has 5 nitrogen and oxygen atoms in total. The van der Waals surface area contributed by atoms with Gasteiger partial charge in [0.05, 0.1) is 7.11 Å². The highest BCUT2D eigenvalue weighted by molar-refractivity contribution is 7.19. The number of nitrogens with zero attached hydrogens (tertiary/aromatic N) is 1. The number of amides is 1. The smallest absolute Gasteiger partial charge is 0.265 e. The molecule has 6 heteroatoms. The van der Waals surface area contributed by atoms with Gasteiger partial charge >= 0.3 is 0 Å². The predicted octanol–water partition coefficient (Wildman–Crippen LogP) is 3.28. The molecule has 0 aromatic carbocycles. The number of methoxy groups -OCH3 is 1. The van der Waals surface area contributed by atoms with Crippen molar-refractivity contribution in [2.24, 2.45) is 5.92 Å². The van der Waals surface area contributed by atoms with Gasteiger partial charge in [-0.25, -0.2) is 0 Å². The highest BCUT2D eigenvalue weighted by atomic mass is 32.1. The summed E-state index contributed by atoms with van der Waals surface area (Å²) in [6.07, 6.45) is 2.22. The Hall–Kier alpha value is -1.43. The molecule has 21 heavy (non-hydrogen) atoms. The van der Waals surface area contributed by atoms with E-state index in [2.05, 4.69) is 26.1 Å². The first kappa shape index (κ1) is 17.6. The van der Waals surface area contributed by atoms with E-state index in [0.717, 1.165) is 17.8 Å². The molecule has 1 aromatic heterocycles. The Morgan fingerprint density at radius 1 is 1.43 bits per heavy atom. The van der Waals surface area contributed by atoms with Crippen LogP contribution >= 0.6 is 11.3 Å². The number of carbonyl (C=O) groups is 1. The molecule has 3 N–H and O–H groups in total. The second kappa shape index (κ2) is 7.54. The predicted molar refractivity (Wildman–Crippen MR) is 90.5 cm³/mol. The summed E-state index contributed by atoms with van der Waals surface area (Å²) < 4.78 is 5.37. The molecule has 0 aliphatic carbocycles. The summed E-state index contributed by atoms with van der Waals surface area (Å²) >= 11 is 1.36. The van der Waals surface area contributed by atoms with Gasteiger partial charge in [0.2, 0.25) is 0 Å². The van der Waals surface area contributed by atoms with Gasteiger partial charge in [-0.05, 0) is 19.3 Å². The van der Waals surface area contributed by atoms with Crippen LogP contribution in [0.4, 0.5) is 10.7 Å². The summed E-state index contributed by atoms with van der Waals surface area (Å²) in [7, 11) is 5.01. The fourth-order valence-electron chi connectivity index (χ4n) is 2.14. The Kier molecular flexibility index (Phi) is 6.33. The summed E-state index contributed by atoms with van der Waals surface area (Å²) in [5.41, 5.74) is 6.47. The second-order valence-corrected chi connectivity index (χ2v) is 6.72. The molecule has 1 rings (SSSR count). The van der Waals surface area contributed by atoms with Crippen LogP contribution in [0.3, 0.4) is 0 Å². The zero-order valence-electron chi connectivity index (χ0n) is 13.8. The van der Waals surface area contributed by atoms with Gasteiger partial charge in [-0.3, -0.25) is 4.79 Å². The standard InChI is InChI=1S/C15H27N3O2S/c1-7-9(2)8-10(3)17-14-12(20-6)11(16)13(21-14)15(19)18(4)5/h9-10,17H,7-8,16H2,1-6H3. The summed E-state index contributed by atoms with van der Waals surface area (Å²) in [6, 6.07) is 0.300. The Morgan fingerprint density at radius 2 is 2.05 bits per heavy atom. The van der Waals surface area contributed by atoms with Crippen molar-refractivity contribution < 1.29 is 9.53 Å². The number of carbonyl (C=O) groups excluding carboxylic acids is 1. The molecule has 0 radical (unpaired) electrons. The van der Waals surface area contributed by atoms with Crippen molar-refractivity contribution >= 4 is 27.9 Å². The van der Waals surface area contributed by atoms with Crippen molar-refractivity contribution in [1.82, 2.24) is 4.90 Å². The lowest BCUT2D eigenvalue weighted by molar-refractivity contribution is 0.0833. The molecule has 0 saturated carbocycles. The topological polar surface area (TPSA) is 67.6 Å². The number of thiophene rings is 1. The number of nitrogens with one attached hydrogen (secondary N) is 1. The third kappa shape index (κ3) is 4.27. The van der Waals surface area contributed by atoms with Crippen LogP contribution in [0.15, 0.2) is 0 Å². The first-order valence-electron chi connectivity index (χ1n) is 7.26. The largest absolute Gasteiger partial charge is 0.492 e. The number of hydrogen-bond acceptors (Lipinski definition) is 5. The average molecular weight is 313 g/mol. The average Bonchev–Trinajstić information content (AvgIpc) is 2.73. The summed E-state index contributed by atoms with van der Waals surface area (Å²) in [5, 5.41) is 4.25. The van der Waals surface area contributed by atoms with E-state index >= 15 is 0 Å². The van der Waals surface area contributed by atoms with E-state index in [1.165, 1.54) is 16.2 Å². The highest BCUT2D eigenvalue weighted by Crippen LogP contribution is 2.43. The van der Waals surface area contributed by atoms with Gasteiger partial charge in [-0.2, -0.15) is 0 Å². The molecule has 2 unspecified atom stereocenters. The number of nitrogen functional groups attached to an aromatic ring is 1. The summed E-state index contributed by atoms with van der Waals surface area (Å²) in [4.78, 5) is 14.2. The van der Waals surface area contributed by atoms with Crippen molar-refractivity contribution in [2.75, 3.05) is 32.3 Å². The first-order valence-corrected chi connectivity index (χ1v) is 8.07. The fraction of sp³-hybridized carbons (Fsp3) is 0.667. The van der Waals surface area contributed by atoms with E-state index in [0.29, 0.717) is 28.3 Å². The molecule has 0 aliphatic rings. The normalized spacial score (nSPS) is 13.6. The van der Waals surface area contributed by atoms with Crippen LogP contribution in [-0.2, 0) is 0 Å². The van der Waals surface area contributed by atoms with Crippen LogP contribution < -0.4 is 15.8 Å². The minimum atomic E-state index is -0.0987. The number of nitrogens with two attached hydrogens (primary N) is 1. The second-order valence-electron chi connectivity index (χ2n) is 5.70. The molecular formula is C15H27N3O2S. The molecule has 120 valence electrons. The van der Waals surface area contributed by atoms with Gasteiger partial charge in [0, 0.05) is 20.1 Å². The Balaban J connectivity index is 2.97. The molecule has 1 aromatic rings. The highest BCUT2D eigenvalue weighted by Gasteiger charge is 2.23. The van der Waals surface area contributed by atoms with Gasteiger partial charge < -0.3 is 20.7 Å². The van der Waals surface area contributed by atoms with Gasteiger partial charge in [-0.1, -0.05) is 20.3 Å². The van der Waals surface area contributed by atoms with Crippen LogP contribution in [0, 0.1) is 5.92 Å². The lowest BCUT2D eigenvalue weighted by Gasteiger charge is -2.18. The van der Waals surface area contributed by atoms with E-state index in [9.17, 15) is 4.79 Å². The monoisotopic (exact) mass is 313 g/mol. The van der Waals surface area contributed by atoms with Gasteiger partial charge in [0.1, 0.15) is 15.6 Å². The number of anilines is 2. The molecule has 2 atom stereocenters. The molecular weight excluding hydrogens is 286 g/mol. The zero-order valence-corrected chi connectivity index (χ0v) is 14.6. The summed E-state index contributed by atoms with van der Waals surface area (Å²) in [5.74, 6) is 1.12. The van der Waals surface area contributed by atoms with E-state index in [1.54, 1.807) is 21.2 Å². The Morgan fingerprint density at radius 3 is 2.52 bits per heavy atom. The van der Waals surface area contributed by atoms with Crippen molar-refractivity contribution in [3.05, 3.63) is 4.88 Å². The maximum absolute atomic E-state index is 12.1. The van der Waals surface area contributed by atoms with Crippen LogP contribution in [0.1, 0.15) is 43.3 Å². The van der Waals surface area contributed by atoms with Crippen molar-refractivity contribution in [2.45, 2.75) is 39.7 Å². The molecule has 0 saturated heterocycles. The molecule has 0 aliphatic heterocycles. The number of rotatable bonds is 7. The molecule has 1 heterocycles. The lowest BCUT2D eigenvalue weighted by Crippen LogP contribution is -2.21. The molecule has 0 bridgehead atoms. The maximum Gasteiger partial charge on any atom is 0.265 e. The van der Waals surface area contributed by atoms with Crippen LogP contribution in [0.5, 0.6) is 5.75 Å². The van der Waals surface area contributed by atoms with E-state index < -0.39 is 0 Å². The summed E-state index contributed by atoms with van der Waals surface area (Å²) in [6.45, 7) is 6.56. The number of hydrogen-bond donors (Lipinski definition) is 2. The maximum atomic E-state index is 12.1. The van der Waals surface area contributed by atoms with Crippen LogP contribution in [0.2, 0.25) is 0 Å². The third-order valence-corrected chi connectivity index (χ3v) is 4.64. The quantitative estimate of drug-likeness (QED) is 0.810. The molecule has 0 spiro atoms. The Bertz CT molecular complexity index is 486. The van der Waals surface area contributed by atoms with E-state index in [4.69, 9.17) is 10.5 Å². The minimum absolute atomic E-state index is 0.0987. The first-order chi connectivity index (χ1) is 9.81. The molecule has 1 amide bonds. The Labute approximate surface area is 131 Å². The SMILES string of the molecule is CCC(C)CC(C)Nc1sc(C(=O)N(C)C)c(N)c1OC. The van der Waals surface area contributed by atoms with Crippen molar-refractivity contribution in [1.29, 1.82) is 0 Å². The number of ether oxygens (including phenoxy) is 1. The van der Waals surface area contributed by atoms with Crippen LogP contribution in [-0.4, -0.2) is 38.1 Å². The van der Waals surface area contributed by atoms with E-state index in [1.807, 2.05) is 0 Å². The van der Waals surface area contributed by atoms with Crippen molar-refractivity contribution in [3.63, 3.8) is 0 Å². The minimum Gasteiger partial charge on any atom is -0.492 e. The third-order valence-electron chi connectivity index (χ3n) is 3.53. The van der Waals surface area contributed by atoms with Gasteiger partial charge in [-0.15, -0.1) is 11.3 Å². The van der Waals surface area contributed by atoms with Gasteiger partial charge in [0.25, 0.3) is 5.91 Å².